The van der Waals surface area contributed by atoms with Crippen molar-refractivity contribution >= 4 is 27.6 Å². The molecule has 1 saturated heterocycles. The van der Waals surface area contributed by atoms with Crippen LogP contribution >= 0.6 is 0 Å². The molecule has 160 valence electrons. The standard InChI is InChI=1S/C19H29N5O4S/c1-14(8-11-29(3,27)28)23-19(20-2)22-12-15-4-6-16(7-5-15)18(26)24-10-9-21-17(25)13-24/h4-7,14H,8-13H2,1-3H3,(H,21,25)(H2,20,22,23). The average Bonchev–Trinajstić information content (AvgIpc) is 2.69. The first-order chi connectivity index (χ1) is 13.7. The maximum absolute atomic E-state index is 12.5. The minimum Gasteiger partial charge on any atom is -0.354 e. The van der Waals surface area contributed by atoms with Gasteiger partial charge in [-0.15, -0.1) is 0 Å². The molecule has 1 aromatic carbocycles. The number of guanidine groups is 1. The van der Waals surface area contributed by atoms with Crippen molar-refractivity contribution in [3.05, 3.63) is 35.4 Å². The van der Waals surface area contributed by atoms with Crippen LogP contribution in [0.15, 0.2) is 29.3 Å². The zero-order valence-electron chi connectivity index (χ0n) is 17.1. The van der Waals surface area contributed by atoms with Gasteiger partial charge in [0, 0.05) is 44.5 Å². The molecule has 0 radical (unpaired) electrons. The van der Waals surface area contributed by atoms with Crippen LogP contribution in [0.3, 0.4) is 0 Å². The van der Waals surface area contributed by atoms with E-state index in [1.165, 1.54) is 11.2 Å². The van der Waals surface area contributed by atoms with Gasteiger partial charge in [0.1, 0.15) is 9.84 Å². The molecule has 10 heteroatoms. The molecule has 0 bridgehead atoms. The molecule has 1 atom stereocenters. The maximum atomic E-state index is 12.5. The van der Waals surface area contributed by atoms with Crippen LogP contribution in [0.5, 0.6) is 0 Å². The lowest BCUT2D eigenvalue weighted by Gasteiger charge is -2.26. The summed E-state index contributed by atoms with van der Waals surface area (Å²) in [6, 6.07) is 7.15. The molecule has 3 N–H and O–H groups in total. The molecule has 0 aliphatic carbocycles. The van der Waals surface area contributed by atoms with Gasteiger partial charge in [-0.1, -0.05) is 12.1 Å². The second kappa shape index (κ2) is 10.2. The van der Waals surface area contributed by atoms with E-state index in [1.807, 2.05) is 19.1 Å². The van der Waals surface area contributed by atoms with Crippen LogP contribution < -0.4 is 16.0 Å². The Balaban J connectivity index is 1.85. The van der Waals surface area contributed by atoms with Gasteiger partial charge >= 0.3 is 0 Å². The Morgan fingerprint density at radius 2 is 2.00 bits per heavy atom. The Kier molecular flexibility index (Phi) is 8.00. The van der Waals surface area contributed by atoms with Crippen LogP contribution in [0, 0.1) is 0 Å². The first-order valence-corrected chi connectivity index (χ1v) is 11.5. The number of rotatable bonds is 7. The molecule has 1 aromatic rings. The number of amides is 2. The number of aliphatic imine (C=N–C) groups is 1. The van der Waals surface area contributed by atoms with Gasteiger partial charge in [0.2, 0.25) is 5.91 Å². The van der Waals surface area contributed by atoms with Crippen LogP contribution in [0.4, 0.5) is 0 Å². The van der Waals surface area contributed by atoms with Crippen molar-refractivity contribution in [2.75, 3.05) is 38.7 Å². The zero-order valence-corrected chi connectivity index (χ0v) is 17.9. The van der Waals surface area contributed by atoms with Crippen LogP contribution in [0.1, 0.15) is 29.3 Å². The number of benzene rings is 1. The monoisotopic (exact) mass is 423 g/mol. The first-order valence-electron chi connectivity index (χ1n) is 9.48. The van der Waals surface area contributed by atoms with E-state index >= 15 is 0 Å². The molecule has 2 amide bonds. The highest BCUT2D eigenvalue weighted by Crippen LogP contribution is 2.09. The van der Waals surface area contributed by atoms with Gasteiger partial charge in [-0.25, -0.2) is 8.42 Å². The van der Waals surface area contributed by atoms with Crippen LogP contribution in [0.2, 0.25) is 0 Å². The molecule has 1 fully saturated rings. The lowest BCUT2D eigenvalue weighted by molar-refractivity contribution is -0.123. The average molecular weight is 424 g/mol. The number of piperazine rings is 1. The van der Waals surface area contributed by atoms with Crippen molar-refractivity contribution in [2.24, 2.45) is 4.99 Å². The Hall–Kier alpha value is -2.62. The normalized spacial score (nSPS) is 16.2. The fourth-order valence-corrected chi connectivity index (χ4v) is 3.62. The van der Waals surface area contributed by atoms with Crippen molar-refractivity contribution < 1.29 is 18.0 Å². The van der Waals surface area contributed by atoms with E-state index < -0.39 is 9.84 Å². The highest BCUT2D eigenvalue weighted by Gasteiger charge is 2.22. The molecule has 29 heavy (non-hydrogen) atoms. The number of nitrogens with zero attached hydrogens (tertiary/aromatic N) is 2. The van der Waals surface area contributed by atoms with Crippen molar-refractivity contribution in [3.8, 4) is 0 Å². The van der Waals surface area contributed by atoms with Crippen LogP contribution in [-0.2, 0) is 21.2 Å². The van der Waals surface area contributed by atoms with Gasteiger partial charge in [-0.3, -0.25) is 14.6 Å². The summed E-state index contributed by atoms with van der Waals surface area (Å²) < 4.78 is 22.5. The van der Waals surface area contributed by atoms with Crippen molar-refractivity contribution in [3.63, 3.8) is 0 Å². The molecule has 1 heterocycles. The first kappa shape index (κ1) is 22.7. The van der Waals surface area contributed by atoms with E-state index in [2.05, 4.69) is 20.9 Å². The number of carbonyl (C=O) groups is 2. The smallest absolute Gasteiger partial charge is 0.254 e. The van der Waals surface area contributed by atoms with E-state index in [-0.39, 0.29) is 30.2 Å². The van der Waals surface area contributed by atoms with Gasteiger partial charge in [0.25, 0.3) is 5.91 Å². The fraction of sp³-hybridized carbons (Fsp3) is 0.526. The number of sulfone groups is 1. The summed E-state index contributed by atoms with van der Waals surface area (Å²) in [5.41, 5.74) is 1.50. The second-order valence-electron chi connectivity index (χ2n) is 7.16. The molecular weight excluding hydrogens is 394 g/mol. The molecule has 9 nitrogen and oxygen atoms in total. The summed E-state index contributed by atoms with van der Waals surface area (Å²) >= 11 is 0. The summed E-state index contributed by atoms with van der Waals surface area (Å²) in [7, 11) is -1.34. The lowest BCUT2D eigenvalue weighted by atomic mass is 10.1. The molecular formula is C19H29N5O4S. The van der Waals surface area contributed by atoms with Gasteiger partial charge in [-0.05, 0) is 31.0 Å². The summed E-state index contributed by atoms with van der Waals surface area (Å²) in [6.07, 6.45) is 1.71. The minimum atomic E-state index is -2.99. The quantitative estimate of drug-likeness (QED) is 0.411. The number of hydrogen-bond donors (Lipinski definition) is 3. The minimum absolute atomic E-state index is 0.0438. The van der Waals surface area contributed by atoms with Crippen LogP contribution in [-0.4, -0.2) is 75.8 Å². The van der Waals surface area contributed by atoms with E-state index in [9.17, 15) is 18.0 Å². The van der Waals surface area contributed by atoms with Gasteiger partial charge in [0.05, 0.1) is 12.3 Å². The molecule has 0 spiro atoms. The van der Waals surface area contributed by atoms with E-state index in [4.69, 9.17) is 0 Å². The summed E-state index contributed by atoms with van der Waals surface area (Å²) in [5, 5.41) is 9.04. The molecule has 1 aliphatic rings. The maximum Gasteiger partial charge on any atom is 0.254 e. The third kappa shape index (κ3) is 7.72. The van der Waals surface area contributed by atoms with E-state index in [0.717, 1.165) is 5.56 Å². The highest BCUT2D eigenvalue weighted by atomic mass is 32.2. The predicted molar refractivity (Wildman–Crippen MR) is 112 cm³/mol. The van der Waals surface area contributed by atoms with Crippen molar-refractivity contribution in [1.82, 2.24) is 20.9 Å². The number of hydrogen-bond acceptors (Lipinski definition) is 5. The van der Waals surface area contributed by atoms with E-state index in [1.54, 1.807) is 19.2 Å². The lowest BCUT2D eigenvalue weighted by Crippen LogP contribution is -2.49. The summed E-state index contributed by atoms with van der Waals surface area (Å²) in [4.78, 5) is 29.6. The number of nitrogens with one attached hydrogen (secondary N) is 3. The molecule has 2 rings (SSSR count). The summed E-state index contributed by atoms with van der Waals surface area (Å²) in [6.45, 7) is 3.47. The van der Waals surface area contributed by atoms with E-state index in [0.29, 0.717) is 37.6 Å². The SMILES string of the molecule is CN=C(NCc1ccc(C(=O)N2CCNC(=O)C2)cc1)NC(C)CCS(C)(=O)=O. The number of carbonyl (C=O) groups excluding carboxylic acids is 2. The third-order valence-electron chi connectivity index (χ3n) is 4.51. The topological polar surface area (TPSA) is 120 Å². The van der Waals surface area contributed by atoms with Gasteiger partial charge in [0.15, 0.2) is 5.96 Å². The zero-order chi connectivity index (χ0) is 21.4. The van der Waals surface area contributed by atoms with Crippen molar-refractivity contribution in [1.29, 1.82) is 0 Å². The molecule has 0 saturated carbocycles. The Morgan fingerprint density at radius 3 is 2.59 bits per heavy atom. The molecule has 0 aromatic heterocycles. The highest BCUT2D eigenvalue weighted by molar-refractivity contribution is 7.90. The Morgan fingerprint density at radius 1 is 1.31 bits per heavy atom. The van der Waals surface area contributed by atoms with Crippen LogP contribution in [0.25, 0.3) is 0 Å². The van der Waals surface area contributed by atoms with Crippen molar-refractivity contribution in [2.45, 2.75) is 25.9 Å². The molecule has 1 unspecified atom stereocenters. The largest absolute Gasteiger partial charge is 0.354 e. The fourth-order valence-electron chi connectivity index (χ4n) is 2.84. The van der Waals surface area contributed by atoms with Gasteiger partial charge in [-0.2, -0.15) is 0 Å². The Bertz CT molecular complexity index is 852. The van der Waals surface area contributed by atoms with Gasteiger partial charge < -0.3 is 20.9 Å². The summed E-state index contributed by atoms with van der Waals surface area (Å²) in [5.74, 6) is 0.392. The Labute approximate surface area is 171 Å². The predicted octanol–water partition coefficient (Wildman–Crippen LogP) is -0.253. The second-order valence-corrected chi connectivity index (χ2v) is 9.42. The molecule has 1 aliphatic heterocycles. The third-order valence-corrected chi connectivity index (χ3v) is 5.49.